The number of nitrogens with one attached hydrogen (secondary N) is 1. The molecule has 2 bridgehead atoms. The van der Waals surface area contributed by atoms with Gasteiger partial charge in [-0.15, -0.1) is 0 Å². The van der Waals surface area contributed by atoms with E-state index in [4.69, 9.17) is 28.3 Å². The first kappa shape index (κ1) is 24.7. The summed E-state index contributed by atoms with van der Waals surface area (Å²) in [5, 5.41) is 6.04. The van der Waals surface area contributed by atoms with Crippen LogP contribution >= 0.6 is 34.5 Å². The smallest absolute Gasteiger partial charge is 0.239 e. The van der Waals surface area contributed by atoms with Gasteiger partial charge in [0.2, 0.25) is 16.9 Å². The summed E-state index contributed by atoms with van der Waals surface area (Å²) >= 11 is 14.2. The first-order chi connectivity index (χ1) is 20.0. The molecule has 9 rings (SSSR count). The molecule has 1 aliphatic heterocycles. The predicted octanol–water partition coefficient (Wildman–Crippen LogP) is 7.25. The van der Waals surface area contributed by atoms with Gasteiger partial charge in [0.05, 0.1) is 38.2 Å². The monoisotopic (exact) mass is 594 g/mol. The number of hydrogen-bond donors (Lipinski definition) is 1. The van der Waals surface area contributed by atoms with Gasteiger partial charge in [-0.25, -0.2) is 9.88 Å². The van der Waals surface area contributed by atoms with Crippen molar-refractivity contribution >= 4 is 73.6 Å². The van der Waals surface area contributed by atoms with Crippen LogP contribution in [0, 0.1) is 11.8 Å². The lowest BCUT2D eigenvalue weighted by Crippen LogP contribution is -2.54. The fraction of sp³-hybridized carbons (Fsp3) is 0.125. The lowest BCUT2D eigenvalue weighted by molar-refractivity contribution is -0.122. The van der Waals surface area contributed by atoms with Crippen LogP contribution in [0.5, 0.6) is 0 Å². The lowest BCUT2D eigenvalue weighted by Gasteiger charge is -2.52. The number of carbonyl (C=O) groups excluding carboxylic acids is 2. The third-order valence-electron chi connectivity index (χ3n) is 8.56. The van der Waals surface area contributed by atoms with E-state index >= 15 is 0 Å². The summed E-state index contributed by atoms with van der Waals surface area (Å²) in [7, 11) is 0. The summed E-state index contributed by atoms with van der Waals surface area (Å²) in [5.74, 6) is -2.17. The largest absolute Gasteiger partial charge is 0.274 e. The Balaban J connectivity index is 1.32. The molecule has 9 heteroatoms. The highest BCUT2D eigenvalue weighted by molar-refractivity contribution is 7.22. The van der Waals surface area contributed by atoms with E-state index < -0.39 is 17.3 Å². The van der Waals surface area contributed by atoms with Crippen molar-refractivity contribution in [3.63, 3.8) is 0 Å². The molecule has 1 N–H and O–H groups in total. The molecule has 2 amide bonds. The third-order valence-corrected chi connectivity index (χ3v) is 10.0. The fourth-order valence-corrected chi connectivity index (χ4v) is 8.37. The maximum absolute atomic E-state index is 14.5. The molecule has 1 aromatic heterocycles. The van der Waals surface area contributed by atoms with E-state index in [1.165, 1.54) is 16.2 Å². The minimum atomic E-state index is -0.989. The van der Waals surface area contributed by atoms with Crippen molar-refractivity contribution in [2.45, 2.75) is 11.3 Å². The number of benzene rings is 4. The third kappa shape index (κ3) is 3.37. The summed E-state index contributed by atoms with van der Waals surface area (Å²) in [6.45, 7) is 0. The Morgan fingerprint density at radius 2 is 1.56 bits per heavy atom. The lowest BCUT2D eigenvalue weighted by atomic mass is 9.47. The van der Waals surface area contributed by atoms with Gasteiger partial charge in [0.25, 0.3) is 0 Å². The van der Waals surface area contributed by atoms with Crippen LogP contribution in [-0.2, 0) is 15.0 Å². The van der Waals surface area contributed by atoms with Gasteiger partial charge in [-0.1, -0.05) is 95.2 Å². The highest BCUT2D eigenvalue weighted by atomic mass is 35.5. The molecule has 0 unspecified atom stereocenters. The van der Waals surface area contributed by atoms with Crippen molar-refractivity contribution < 1.29 is 9.59 Å². The number of thiazole rings is 1. The second-order valence-corrected chi connectivity index (χ2v) is 12.4. The van der Waals surface area contributed by atoms with E-state index in [0.29, 0.717) is 15.8 Å². The number of para-hydroxylation sites is 1. The number of carbonyl (C=O) groups is 2. The van der Waals surface area contributed by atoms with Gasteiger partial charge >= 0.3 is 0 Å². The number of aromatic nitrogens is 1. The van der Waals surface area contributed by atoms with Crippen molar-refractivity contribution in [1.82, 2.24) is 4.98 Å². The minimum absolute atomic E-state index is 0.250. The zero-order valence-electron chi connectivity index (χ0n) is 21.3. The molecule has 0 saturated carbocycles. The van der Waals surface area contributed by atoms with E-state index in [2.05, 4.69) is 22.5 Å². The standard InChI is InChI=1S/C32H20Cl2N4O2S/c33-17-13-14-24(22(34)15-17)38-29(39)27-26-18-7-1-3-9-20(18)32(28(27)30(38)40,21-10-4-2-8-19(21)26)16-35-37-31-36-23-11-5-6-12-25(23)41-31/h1-16,26-28H,(H,36,37)/b35-16-/t26?,27-,28+,32?/m0/s1. The van der Waals surface area contributed by atoms with Gasteiger partial charge in [0, 0.05) is 17.2 Å². The maximum Gasteiger partial charge on any atom is 0.239 e. The molecule has 3 aliphatic carbocycles. The number of amides is 2. The Morgan fingerprint density at radius 1 is 0.878 bits per heavy atom. The number of hydrazone groups is 1. The van der Waals surface area contributed by atoms with Crippen LogP contribution in [0.2, 0.25) is 10.0 Å². The van der Waals surface area contributed by atoms with Crippen molar-refractivity contribution in [2.24, 2.45) is 16.9 Å². The second-order valence-electron chi connectivity index (χ2n) is 10.5. The Morgan fingerprint density at radius 3 is 2.27 bits per heavy atom. The molecule has 4 aliphatic rings. The Hall–Kier alpha value is -4.04. The van der Waals surface area contributed by atoms with Gasteiger partial charge in [-0.2, -0.15) is 5.10 Å². The molecular weight excluding hydrogens is 575 g/mol. The molecule has 1 fully saturated rings. The first-order valence-electron chi connectivity index (χ1n) is 13.2. The van der Waals surface area contributed by atoms with Gasteiger partial charge in [-0.3, -0.25) is 15.0 Å². The van der Waals surface area contributed by atoms with E-state index in [1.807, 2.05) is 66.9 Å². The Bertz CT molecular complexity index is 1870. The number of halogens is 2. The molecule has 5 aromatic rings. The van der Waals surface area contributed by atoms with Gasteiger partial charge < -0.3 is 0 Å². The number of hydrogen-bond acceptors (Lipinski definition) is 6. The number of nitrogens with zero attached hydrogens (tertiary/aromatic N) is 3. The Labute approximate surface area is 249 Å². The number of anilines is 2. The number of fused-ring (bicyclic) bond motifs is 1. The second kappa shape index (κ2) is 8.98. The summed E-state index contributed by atoms with van der Waals surface area (Å²) in [4.78, 5) is 34.6. The van der Waals surface area contributed by atoms with Crippen molar-refractivity contribution in [2.75, 3.05) is 10.3 Å². The van der Waals surface area contributed by atoms with Crippen molar-refractivity contribution in [1.29, 1.82) is 0 Å². The molecule has 0 radical (unpaired) electrons. The van der Waals surface area contributed by atoms with E-state index in [1.54, 1.807) is 18.2 Å². The molecule has 6 nitrogen and oxygen atoms in total. The van der Waals surface area contributed by atoms with Crippen molar-refractivity contribution in [3.8, 4) is 0 Å². The average molecular weight is 596 g/mol. The van der Waals surface area contributed by atoms with Crippen LogP contribution in [0.4, 0.5) is 10.8 Å². The highest BCUT2D eigenvalue weighted by Gasteiger charge is 2.68. The Kier molecular flexibility index (Phi) is 5.42. The number of imide groups is 1. The van der Waals surface area contributed by atoms with E-state index in [0.717, 1.165) is 32.5 Å². The normalized spacial score (nSPS) is 24.1. The summed E-state index contributed by atoms with van der Waals surface area (Å²) in [5.41, 5.74) is 7.37. The zero-order chi connectivity index (χ0) is 27.9. The van der Waals surface area contributed by atoms with Crippen LogP contribution in [0.25, 0.3) is 10.2 Å². The summed E-state index contributed by atoms with van der Waals surface area (Å²) in [6.07, 6.45) is 1.81. The van der Waals surface area contributed by atoms with Gasteiger partial charge in [0.1, 0.15) is 0 Å². The average Bonchev–Trinajstić information content (AvgIpc) is 3.52. The number of rotatable bonds is 4. The quantitative estimate of drug-likeness (QED) is 0.135. The molecule has 200 valence electrons. The van der Waals surface area contributed by atoms with Gasteiger partial charge in [0.15, 0.2) is 0 Å². The SMILES string of the molecule is O=C1[C@H]2C3c4ccccc4C(/C=N\Nc4nc5ccccc5s4)(c4ccccc43)[C@H]2C(=O)N1c1ccc(Cl)cc1Cl. The minimum Gasteiger partial charge on any atom is -0.274 e. The van der Waals surface area contributed by atoms with Crippen LogP contribution in [0.15, 0.2) is 96.1 Å². The topological polar surface area (TPSA) is 74.7 Å². The first-order valence-corrected chi connectivity index (χ1v) is 14.7. The molecule has 0 spiro atoms. The summed E-state index contributed by atoms with van der Waals surface area (Å²) in [6, 6.07) is 28.9. The molecule has 2 atom stereocenters. The molecule has 1 saturated heterocycles. The van der Waals surface area contributed by atoms with Gasteiger partial charge in [-0.05, 0) is 52.6 Å². The van der Waals surface area contributed by atoms with Crippen LogP contribution in [0.1, 0.15) is 28.2 Å². The molecule has 41 heavy (non-hydrogen) atoms. The molecular formula is C32H20Cl2N4O2S. The van der Waals surface area contributed by atoms with Crippen molar-refractivity contribution in [3.05, 3.63) is 123 Å². The maximum atomic E-state index is 14.5. The van der Waals surface area contributed by atoms with Crippen LogP contribution in [0.3, 0.4) is 0 Å². The molecule has 2 heterocycles. The fourth-order valence-electron chi connectivity index (χ4n) is 7.06. The predicted molar refractivity (Wildman–Crippen MR) is 163 cm³/mol. The van der Waals surface area contributed by atoms with E-state index in [-0.39, 0.29) is 22.8 Å². The highest BCUT2D eigenvalue weighted by Crippen LogP contribution is 2.63. The summed E-state index contributed by atoms with van der Waals surface area (Å²) < 4.78 is 1.05. The van der Waals surface area contributed by atoms with E-state index in [9.17, 15) is 9.59 Å². The zero-order valence-corrected chi connectivity index (χ0v) is 23.6. The molecule has 4 aromatic carbocycles. The van der Waals surface area contributed by atoms with Crippen LogP contribution in [-0.4, -0.2) is 23.0 Å². The van der Waals surface area contributed by atoms with Crippen LogP contribution < -0.4 is 10.3 Å².